The normalized spacial score (nSPS) is 19.5. The summed E-state index contributed by atoms with van der Waals surface area (Å²) in [5, 5.41) is 2.79. The van der Waals surface area contributed by atoms with Crippen LogP contribution in [0.3, 0.4) is 0 Å². The van der Waals surface area contributed by atoms with Crippen molar-refractivity contribution in [1.82, 2.24) is 0 Å². The molecule has 1 amide bonds. The van der Waals surface area contributed by atoms with Crippen LogP contribution in [0, 0.1) is 9.49 Å². The van der Waals surface area contributed by atoms with E-state index in [4.69, 9.17) is 0 Å². The van der Waals surface area contributed by atoms with Gasteiger partial charge in [-0.1, -0.05) is 6.07 Å². The van der Waals surface area contributed by atoms with Crippen LogP contribution in [0.4, 0.5) is 14.5 Å². The number of benzene rings is 1. The molecule has 1 N–H and O–H groups in total. The molecule has 0 saturated heterocycles. The van der Waals surface area contributed by atoms with Crippen molar-refractivity contribution >= 4 is 34.2 Å². The molecule has 1 aromatic carbocycles. The van der Waals surface area contributed by atoms with Gasteiger partial charge in [0.05, 0.1) is 0 Å². The van der Waals surface area contributed by atoms with Crippen LogP contribution in [0.1, 0.15) is 25.7 Å². The minimum atomic E-state index is -2.58. The van der Waals surface area contributed by atoms with Crippen molar-refractivity contribution in [1.29, 1.82) is 0 Å². The molecule has 0 aromatic heterocycles. The third kappa shape index (κ3) is 3.63. The van der Waals surface area contributed by atoms with Gasteiger partial charge in [-0.05, 0) is 53.6 Å². The molecular formula is C13H14F2INO. The molecule has 0 spiro atoms. The van der Waals surface area contributed by atoms with E-state index in [0.717, 1.165) is 9.26 Å². The zero-order valence-electron chi connectivity index (χ0n) is 9.76. The lowest BCUT2D eigenvalue weighted by Crippen LogP contribution is -2.31. The van der Waals surface area contributed by atoms with E-state index in [1.165, 1.54) is 0 Å². The van der Waals surface area contributed by atoms with Gasteiger partial charge in [-0.2, -0.15) is 0 Å². The predicted molar refractivity (Wildman–Crippen MR) is 74.7 cm³/mol. The maximum Gasteiger partial charge on any atom is 0.248 e. The van der Waals surface area contributed by atoms with Crippen LogP contribution >= 0.6 is 22.6 Å². The maximum absolute atomic E-state index is 13.0. The van der Waals surface area contributed by atoms with Gasteiger partial charge in [0.1, 0.15) is 0 Å². The standard InChI is InChI=1S/C13H14F2INO/c14-13(15)6-4-9(5-7-13)12(18)17-11-3-1-2-10(16)8-11/h1-3,8-9H,4-7H2,(H,17,18). The van der Waals surface area contributed by atoms with Gasteiger partial charge in [0.2, 0.25) is 11.8 Å². The fourth-order valence-corrected chi connectivity index (χ4v) is 2.66. The summed E-state index contributed by atoms with van der Waals surface area (Å²) in [7, 11) is 0. The number of amides is 1. The van der Waals surface area contributed by atoms with Crippen LogP contribution in [0.5, 0.6) is 0 Å². The SMILES string of the molecule is O=C(Nc1cccc(I)c1)C1CCC(F)(F)CC1. The van der Waals surface area contributed by atoms with Gasteiger partial charge >= 0.3 is 0 Å². The van der Waals surface area contributed by atoms with Gasteiger partial charge in [0.15, 0.2) is 0 Å². The lowest BCUT2D eigenvalue weighted by atomic mass is 9.86. The molecule has 0 aliphatic heterocycles. The molecule has 18 heavy (non-hydrogen) atoms. The fraction of sp³-hybridized carbons (Fsp3) is 0.462. The summed E-state index contributed by atoms with van der Waals surface area (Å²) in [6, 6.07) is 7.44. The summed E-state index contributed by atoms with van der Waals surface area (Å²) in [5.74, 6) is -3.02. The van der Waals surface area contributed by atoms with Gasteiger partial charge in [-0.15, -0.1) is 0 Å². The van der Waals surface area contributed by atoms with Crippen molar-refractivity contribution in [2.24, 2.45) is 5.92 Å². The molecule has 0 unspecified atom stereocenters. The van der Waals surface area contributed by atoms with E-state index in [0.29, 0.717) is 0 Å². The van der Waals surface area contributed by atoms with Crippen molar-refractivity contribution in [2.45, 2.75) is 31.6 Å². The highest BCUT2D eigenvalue weighted by Gasteiger charge is 2.37. The van der Waals surface area contributed by atoms with Crippen LogP contribution in [0.2, 0.25) is 0 Å². The lowest BCUT2D eigenvalue weighted by molar-refractivity contribution is -0.124. The first-order valence-corrected chi connectivity index (χ1v) is 6.98. The van der Waals surface area contributed by atoms with Gasteiger partial charge < -0.3 is 5.32 Å². The lowest BCUT2D eigenvalue weighted by Gasteiger charge is -2.27. The first-order valence-electron chi connectivity index (χ1n) is 5.90. The number of carbonyl (C=O) groups excluding carboxylic acids is 1. The Morgan fingerprint density at radius 3 is 2.61 bits per heavy atom. The summed E-state index contributed by atoms with van der Waals surface area (Å²) in [6.45, 7) is 0. The Labute approximate surface area is 118 Å². The van der Waals surface area contributed by atoms with Crippen LogP contribution < -0.4 is 5.32 Å². The number of rotatable bonds is 2. The average molecular weight is 365 g/mol. The first-order chi connectivity index (χ1) is 8.46. The van der Waals surface area contributed by atoms with Crippen LogP contribution in [0.15, 0.2) is 24.3 Å². The van der Waals surface area contributed by atoms with Crippen molar-refractivity contribution in [2.75, 3.05) is 5.32 Å². The second-order valence-corrected chi connectivity index (χ2v) is 5.88. The monoisotopic (exact) mass is 365 g/mol. The second-order valence-electron chi connectivity index (χ2n) is 4.63. The number of nitrogens with one attached hydrogen (secondary N) is 1. The van der Waals surface area contributed by atoms with Gasteiger partial charge in [0.25, 0.3) is 0 Å². The number of hydrogen-bond acceptors (Lipinski definition) is 1. The zero-order valence-corrected chi connectivity index (χ0v) is 11.9. The summed E-state index contributed by atoms with van der Waals surface area (Å²) < 4.78 is 27.0. The topological polar surface area (TPSA) is 29.1 Å². The van der Waals surface area contributed by atoms with Crippen molar-refractivity contribution in [3.8, 4) is 0 Å². The summed E-state index contributed by atoms with van der Waals surface area (Å²) >= 11 is 2.16. The Morgan fingerprint density at radius 2 is 2.00 bits per heavy atom. The van der Waals surface area contributed by atoms with Crippen molar-refractivity contribution in [3.63, 3.8) is 0 Å². The van der Waals surface area contributed by atoms with Gasteiger partial charge in [-0.3, -0.25) is 4.79 Å². The molecule has 1 saturated carbocycles. The Bertz CT molecular complexity index is 440. The molecule has 1 aromatic rings. The summed E-state index contributed by atoms with van der Waals surface area (Å²) in [5.41, 5.74) is 0.726. The van der Waals surface area contributed by atoms with Crippen molar-refractivity contribution < 1.29 is 13.6 Å². The minimum Gasteiger partial charge on any atom is -0.326 e. The quantitative estimate of drug-likeness (QED) is 0.788. The van der Waals surface area contributed by atoms with E-state index in [9.17, 15) is 13.6 Å². The van der Waals surface area contributed by atoms with Crippen LogP contribution in [-0.2, 0) is 4.79 Å². The van der Waals surface area contributed by atoms with E-state index in [-0.39, 0.29) is 37.5 Å². The molecule has 2 rings (SSSR count). The van der Waals surface area contributed by atoms with E-state index in [2.05, 4.69) is 27.9 Å². The molecule has 2 nitrogen and oxygen atoms in total. The van der Waals surface area contributed by atoms with Crippen LogP contribution in [-0.4, -0.2) is 11.8 Å². The van der Waals surface area contributed by atoms with Crippen molar-refractivity contribution in [3.05, 3.63) is 27.8 Å². The van der Waals surface area contributed by atoms with E-state index in [1.54, 1.807) is 6.07 Å². The van der Waals surface area contributed by atoms with Crippen LogP contribution in [0.25, 0.3) is 0 Å². The third-order valence-corrected chi connectivity index (χ3v) is 3.85. The summed E-state index contributed by atoms with van der Waals surface area (Å²) in [4.78, 5) is 11.9. The van der Waals surface area contributed by atoms with Gasteiger partial charge in [0, 0.05) is 28.0 Å². The fourth-order valence-electron chi connectivity index (χ4n) is 2.11. The number of alkyl halides is 2. The Hall–Kier alpha value is -0.720. The third-order valence-electron chi connectivity index (χ3n) is 3.18. The average Bonchev–Trinajstić information content (AvgIpc) is 2.28. The number of anilines is 1. The molecular weight excluding hydrogens is 351 g/mol. The highest BCUT2D eigenvalue weighted by atomic mass is 127. The molecule has 1 aliphatic rings. The Balaban J connectivity index is 1.93. The smallest absolute Gasteiger partial charge is 0.248 e. The Morgan fingerprint density at radius 1 is 1.33 bits per heavy atom. The summed E-state index contributed by atoms with van der Waals surface area (Å²) in [6.07, 6.45) is 0.167. The predicted octanol–water partition coefficient (Wildman–Crippen LogP) is 4.06. The molecule has 0 bridgehead atoms. The van der Waals surface area contributed by atoms with Gasteiger partial charge in [-0.25, -0.2) is 8.78 Å². The van der Waals surface area contributed by atoms with E-state index < -0.39 is 5.92 Å². The highest BCUT2D eigenvalue weighted by molar-refractivity contribution is 14.1. The zero-order chi connectivity index (χ0) is 13.2. The highest BCUT2D eigenvalue weighted by Crippen LogP contribution is 2.36. The first kappa shape index (κ1) is 13.7. The molecule has 0 atom stereocenters. The molecule has 98 valence electrons. The second kappa shape index (κ2) is 5.50. The largest absolute Gasteiger partial charge is 0.326 e. The molecule has 1 fully saturated rings. The number of hydrogen-bond donors (Lipinski definition) is 1. The molecule has 0 radical (unpaired) electrons. The number of halogens is 3. The molecule has 1 aliphatic carbocycles. The minimum absolute atomic E-state index is 0.146. The molecule has 0 heterocycles. The molecule has 5 heteroatoms. The number of carbonyl (C=O) groups is 1. The maximum atomic E-state index is 13.0. The van der Waals surface area contributed by atoms with E-state index in [1.807, 2.05) is 18.2 Å². The van der Waals surface area contributed by atoms with E-state index >= 15 is 0 Å². The Kier molecular flexibility index (Phi) is 4.19.